The van der Waals surface area contributed by atoms with Gasteiger partial charge in [-0.2, -0.15) is 5.26 Å². The van der Waals surface area contributed by atoms with E-state index in [2.05, 4.69) is 0 Å². The van der Waals surface area contributed by atoms with E-state index in [-0.39, 0.29) is 10.6 Å². The van der Waals surface area contributed by atoms with Gasteiger partial charge in [-0.25, -0.2) is 12.8 Å². The Kier molecular flexibility index (Phi) is 4.43. The fourth-order valence-electron chi connectivity index (χ4n) is 1.43. The van der Waals surface area contributed by atoms with Gasteiger partial charge in [-0.3, -0.25) is 4.79 Å². The number of Topliss-reactive ketones (excluding diaryl/α,β-unsaturated/α-hetero) is 1. The van der Waals surface area contributed by atoms with E-state index in [0.717, 1.165) is 12.3 Å². The van der Waals surface area contributed by atoms with Crippen molar-refractivity contribution in [2.24, 2.45) is 0 Å². The number of halogens is 2. The topological polar surface area (TPSA) is 75.0 Å². The van der Waals surface area contributed by atoms with Gasteiger partial charge in [-0.1, -0.05) is 17.7 Å². The highest BCUT2D eigenvalue weighted by atomic mass is 35.5. The predicted octanol–water partition coefficient (Wildman–Crippen LogP) is 1.70. The van der Waals surface area contributed by atoms with Crippen LogP contribution < -0.4 is 0 Å². The first-order valence-corrected chi connectivity index (χ1v) is 7.24. The average molecular weight is 290 g/mol. The molecule has 0 aromatic heterocycles. The first-order chi connectivity index (χ1) is 8.26. The molecule has 1 aromatic carbocycles. The van der Waals surface area contributed by atoms with Crippen molar-refractivity contribution in [1.82, 2.24) is 0 Å². The third-order valence-electron chi connectivity index (χ3n) is 2.14. The summed E-state index contributed by atoms with van der Waals surface area (Å²) in [6, 6.07) is 5.30. The average Bonchev–Trinajstić information content (AvgIpc) is 2.20. The number of nitrogens with zero attached hydrogens (tertiary/aromatic N) is 1. The lowest BCUT2D eigenvalue weighted by molar-refractivity contribution is -0.117. The van der Waals surface area contributed by atoms with Crippen LogP contribution in [0.5, 0.6) is 0 Å². The summed E-state index contributed by atoms with van der Waals surface area (Å²) in [4.78, 5) is 11.7. The predicted molar refractivity (Wildman–Crippen MR) is 64.5 cm³/mol. The van der Waals surface area contributed by atoms with Gasteiger partial charge in [0.15, 0.2) is 15.6 Å². The lowest BCUT2D eigenvalue weighted by Crippen LogP contribution is -2.21. The fraction of sp³-hybridized carbons (Fsp3) is 0.273. The van der Waals surface area contributed by atoms with Crippen LogP contribution >= 0.6 is 11.6 Å². The molecule has 0 saturated carbocycles. The molecule has 4 nitrogen and oxygen atoms in total. The SMILES string of the molecule is CS(=O)(=O)CC(=O)C(C#N)c1c(F)cccc1Cl. The number of nitriles is 1. The minimum Gasteiger partial charge on any atom is -0.297 e. The molecule has 0 aliphatic heterocycles. The van der Waals surface area contributed by atoms with Crippen molar-refractivity contribution in [3.05, 3.63) is 34.6 Å². The number of rotatable bonds is 4. The van der Waals surface area contributed by atoms with Crippen LogP contribution in [-0.4, -0.2) is 26.2 Å². The summed E-state index contributed by atoms with van der Waals surface area (Å²) in [5, 5.41) is 8.82. The molecule has 0 fully saturated rings. The van der Waals surface area contributed by atoms with E-state index in [9.17, 15) is 17.6 Å². The molecule has 0 amide bonds. The van der Waals surface area contributed by atoms with Crippen LogP contribution in [0.15, 0.2) is 18.2 Å². The summed E-state index contributed by atoms with van der Waals surface area (Å²) >= 11 is 5.73. The summed E-state index contributed by atoms with van der Waals surface area (Å²) in [5.74, 6) is -4.05. The third kappa shape index (κ3) is 3.52. The Morgan fingerprint density at radius 2 is 2.17 bits per heavy atom. The smallest absolute Gasteiger partial charge is 0.169 e. The van der Waals surface area contributed by atoms with Gasteiger partial charge in [0.1, 0.15) is 17.5 Å². The van der Waals surface area contributed by atoms with Crippen molar-refractivity contribution in [2.75, 3.05) is 12.0 Å². The quantitative estimate of drug-likeness (QED) is 0.845. The lowest BCUT2D eigenvalue weighted by atomic mass is 9.96. The zero-order chi connectivity index (χ0) is 13.9. The second kappa shape index (κ2) is 5.46. The highest BCUT2D eigenvalue weighted by molar-refractivity contribution is 7.91. The van der Waals surface area contributed by atoms with E-state index < -0.39 is 33.1 Å². The summed E-state index contributed by atoms with van der Waals surface area (Å²) in [6.45, 7) is 0. The molecule has 0 aliphatic carbocycles. The van der Waals surface area contributed by atoms with E-state index in [1.54, 1.807) is 6.07 Å². The summed E-state index contributed by atoms with van der Waals surface area (Å²) in [7, 11) is -3.58. The molecule has 1 unspecified atom stereocenters. The largest absolute Gasteiger partial charge is 0.297 e. The maximum atomic E-state index is 13.5. The van der Waals surface area contributed by atoms with Crippen LogP contribution in [0.3, 0.4) is 0 Å². The Labute approximate surface area is 109 Å². The molecule has 1 aromatic rings. The Hall–Kier alpha value is -1.45. The first-order valence-electron chi connectivity index (χ1n) is 4.80. The number of carbonyl (C=O) groups excluding carboxylic acids is 1. The molecule has 0 bridgehead atoms. The van der Waals surface area contributed by atoms with Gasteiger partial charge in [0.05, 0.1) is 6.07 Å². The van der Waals surface area contributed by atoms with Crippen LogP contribution in [0, 0.1) is 17.1 Å². The number of sulfone groups is 1. The minimum atomic E-state index is -3.58. The van der Waals surface area contributed by atoms with Crippen molar-refractivity contribution in [3.8, 4) is 6.07 Å². The van der Waals surface area contributed by atoms with E-state index in [1.807, 2.05) is 0 Å². The molecular weight excluding hydrogens is 281 g/mol. The molecule has 96 valence electrons. The molecule has 18 heavy (non-hydrogen) atoms. The van der Waals surface area contributed by atoms with Gasteiger partial charge in [0.25, 0.3) is 0 Å². The lowest BCUT2D eigenvalue weighted by Gasteiger charge is -2.10. The van der Waals surface area contributed by atoms with Gasteiger partial charge >= 0.3 is 0 Å². The monoisotopic (exact) mass is 289 g/mol. The van der Waals surface area contributed by atoms with E-state index in [0.29, 0.717) is 0 Å². The van der Waals surface area contributed by atoms with Crippen LogP contribution in [0.2, 0.25) is 5.02 Å². The minimum absolute atomic E-state index is 0.0802. The van der Waals surface area contributed by atoms with E-state index in [1.165, 1.54) is 12.1 Å². The van der Waals surface area contributed by atoms with E-state index in [4.69, 9.17) is 16.9 Å². The van der Waals surface area contributed by atoms with Crippen molar-refractivity contribution in [1.29, 1.82) is 5.26 Å². The Balaban J connectivity index is 3.20. The normalized spacial score (nSPS) is 12.8. The van der Waals surface area contributed by atoms with E-state index >= 15 is 0 Å². The molecule has 0 radical (unpaired) electrons. The number of carbonyl (C=O) groups is 1. The van der Waals surface area contributed by atoms with Crippen molar-refractivity contribution >= 4 is 27.2 Å². The molecule has 0 saturated heterocycles. The van der Waals surface area contributed by atoms with Gasteiger partial charge < -0.3 is 0 Å². The number of hydrogen-bond acceptors (Lipinski definition) is 4. The van der Waals surface area contributed by atoms with Gasteiger partial charge in [0, 0.05) is 16.8 Å². The van der Waals surface area contributed by atoms with Gasteiger partial charge in [-0.15, -0.1) is 0 Å². The molecule has 0 heterocycles. The Morgan fingerprint density at radius 1 is 1.56 bits per heavy atom. The van der Waals surface area contributed by atoms with Gasteiger partial charge in [0.2, 0.25) is 0 Å². The molecular formula is C11H9ClFNO3S. The highest BCUT2D eigenvalue weighted by Crippen LogP contribution is 2.28. The van der Waals surface area contributed by atoms with Crippen molar-refractivity contribution in [2.45, 2.75) is 5.92 Å². The zero-order valence-electron chi connectivity index (χ0n) is 9.35. The van der Waals surface area contributed by atoms with Crippen molar-refractivity contribution in [3.63, 3.8) is 0 Å². The number of hydrogen-bond donors (Lipinski definition) is 0. The molecule has 0 aliphatic rings. The zero-order valence-corrected chi connectivity index (χ0v) is 10.9. The van der Waals surface area contributed by atoms with Crippen LogP contribution in [-0.2, 0) is 14.6 Å². The summed E-state index contributed by atoms with van der Waals surface area (Å²) in [5.41, 5.74) is -0.282. The number of benzene rings is 1. The molecule has 1 rings (SSSR count). The second-order valence-electron chi connectivity index (χ2n) is 3.73. The maximum absolute atomic E-state index is 13.5. The van der Waals surface area contributed by atoms with Crippen LogP contribution in [0.25, 0.3) is 0 Å². The maximum Gasteiger partial charge on any atom is 0.169 e. The third-order valence-corrected chi connectivity index (χ3v) is 3.28. The molecule has 7 heteroatoms. The molecule has 1 atom stereocenters. The first kappa shape index (κ1) is 14.6. The molecule has 0 spiro atoms. The standard InChI is InChI=1S/C11H9ClFNO3S/c1-18(16,17)6-10(15)7(5-14)11-8(12)3-2-4-9(11)13/h2-4,7H,6H2,1H3. The van der Waals surface area contributed by atoms with Crippen LogP contribution in [0.1, 0.15) is 11.5 Å². The number of ketones is 1. The van der Waals surface area contributed by atoms with Crippen molar-refractivity contribution < 1.29 is 17.6 Å². The molecule has 0 N–H and O–H groups in total. The highest BCUT2D eigenvalue weighted by Gasteiger charge is 2.28. The second-order valence-corrected chi connectivity index (χ2v) is 6.28. The summed E-state index contributed by atoms with van der Waals surface area (Å²) < 4.78 is 35.6. The summed E-state index contributed by atoms with van der Waals surface area (Å²) in [6.07, 6.45) is 0.863. The Bertz CT molecular complexity index is 601. The Morgan fingerprint density at radius 3 is 2.61 bits per heavy atom. The van der Waals surface area contributed by atoms with Crippen LogP contribution in [0.4, 0.5) is 4.39 Å². The fourth-order valence-corrected chi connectivity index (χ4v) is 2.38. The van der Waals surface area contributed by atoms with Gasteiger partial charge in [-0.05, 0) is 12.1 Å².